The Kier molecular flexibility index (Phi) is 3.22. The number of aryl methyl sites for hydroxylation is 1. The Hall–Kier alpha value is -1.32. The van der Waals surface area contributed by atoms with E-state index in [0.29, 0.717) is 5.41 Å². The van der Waals surface area contributed by atoms with Gasteiger partial charge in [0.1, 0.15) is 17.5 Å². The molecule has 1 aliphatic carbocycles. The van der Waals surface area contributed by atoms with Crippen LogP contribution >= 0.6 is 0 Å². The molecule has 1 heterocycles. The average molecular weight is 234 g/mol. The zero-order valence-corrected chi connectivity index (χ0v) is 11.2. The van der Waals surface area contributed by atoms with Crippen LogP contribution in [0.3, 0.4) is 0 Å². The van der Waals surface area contributed by atoms with Gasteiger partial charge in [-0.25, -0.2) is 9.97 Å². The number of anilines is 2. The van der Waals surface area contributed by atoms with Gasteiger partial charge >= 0.3 is 0 Å². The molecule has 17 heavy (non-hydrogen) atoms. The molecule has 0 unspecified atom stereocenters. The summed E-state index contributed by atoms with van der Waals surface area (Å²) in [5, 5.41) is 6.61. The van der Waals surface area contributed by atoms with E-state index in [2.05, 4.69) is 41.4 Å². The fourth-order valence-corrected chi connectivity index (χ4v) is 1.82. The number of hydrogen-bond donors (Lipinski definition) is 2. The third kappa shape index (κ3) is 2.68. The van der Waals surface area contributed by atoms with Crippen molar-refractivity contribution in [2.45, 2.75) is 40.0 Å². The maximum atomic E-state index is 4.57. The fraction of sp³-hybridized carbons (Fsp3) is 0.692. The number of hydrogen-bond acceptors (Lipinski definition) is 4. The first kappa shape index (κ1) is 12.1. The van der Waals surface area contributed by atoms with Crippen molar-refractivity contribution < 1.29 is 0 Å². The third-order valence-electron chi connectivity index (χ3n) is 3.53. The lowest BCUT2D eigenvalue weighted by atomic mass is 10.1. The molecule has 2 rings (SSSR count). The van der Waals surface area contributed by atoms with Crippen LogP contribution in [0.5, 0.6) is 0 Å². The number of nitrogens with one attached hydrogen (secondary N) is 2. The highest BCUT2D eigenvalue weighted by atomic mass is 15.1. The normalized spacial score (nSPS) is 16.7. The molecule has 1 saturated carbocycles. The van der Waals surface area contributed by atoms with Gasteiger partial charge in [0, 0.05) is 25.6 Å². The molecular weight excluding hydrogens is 212 g/mol. The Morgan fingerprint density at radius 2 is 1.88 bits per heavy atom. The molecular formula is C13H22N4. The molecule has 0 radical (unpaired) electrons. The van der Waals surface area contributed by atoms with Gasteiger partial charge in [-0.1, -0.05) is 13.8 Å². The summed E-state index contributed by atoms with van der Waals surface area (Å²) in [5.41, 5.74) is 1.60. The highest BCUT2D eigenvalue weighted by Crippen LogP contribution is 2.44. The molecule has 1 aromatic heterocycles. The SMILES string of the molecule is CCc1nc(NC)c(C)c(NCC2(C)CC2)n1. The van der Waals surface area contributed by atoms with Gasteiger partial charge in [0.15, 0.2) is 0 Å². The fourth-order valence-electron chi connectivity index (χ4n) is 1.82. The molecule has 0 spiro atoms. The lowest BCUT2D eigenvalue weighted by molar-refractivity contribution is 0.608. The van der Waals surface area contributed by atoms with Gasteiger partial charge in [-0.15, -0.1) is 0 Å². The Morgan fingerprint density at radius 1 is 1.24 bits per heavy atom. The van der Waals surface area contributed by atoms with Gasteiger partial charge < -0.3 is 10.6 Å². The zero-order chi connectivity index (χ0) is 12.5. The van der Waals surface area contributed by atoms with Gasteiger partial charge in [0.25, 0.3) is 0 Å². The predicted molar refractivity (Wildman–Crippen MR) is 71.5 cm³/mol. The van der Waals surface area contributed by atoms with Crippen molar-refractivity contribution in [3.63, 3.8) is 0 Å². The summed E-state index contributed by atoms with van der Waals surface area (Å²) in [4.78, 5) is 9.04. The number of aromatic nitrogens is 2. The summed E-state index contributed by atoms with van der Waals surface area (Å²) in [6.45, 7) is 7.46. The lowest BCUT2D eigenvalue weighted by Crippen LogP contribution is -2.15. The maximum Gasteiger partial charge on any atom is 0.134 e. The van der Waals surface area contributed by atoms with E-state index in [4.69, 9.17) is 0 Å². The summed E-state index contributed by atoms with van der Waals surface area (Å²) in [6.07, 6.45) is 3.51. The van der Waals surface area contributed by atoms with E-state index in [0.717, 1.165) is 36.0 Å². The van der Waals surface area contributed by atoms with Crippen LogP contribution < -0.4 is 10.6 Å². The minimum absolute atomic E-state index is 0.490. The molecule has 0 saturated heterocycles. The largest absolute Gasteiger partial charge is 0.373 e. The first-order valence-corrected chi connectivity index (χ1v) is 6.37. The van der Waals surface area contributed by atoms with E-state index in [1.807, 2.05) is 7.05 Å². The van der Waals surface area contributed by atoms with Crippen molar-refractivity contribution >= 4 is 11.6 Å². The van der Waals surface area contributed by atoms with Crippen LogP contribution in [0.25, 0.3) is 0 Å². The summed E-state index contributed by atoms with van der Waals surface area (Å²) >= 11 is 0. The molecule has 0 amide bonds. The molecule has 94 valence electrons. The smallest absolute Gasteiger partial charge is 0.134 e. The molecule has 0 aliphatic heterocycles. The minimum atomic E-state index is 0.490. The molecule has 0 bridgehead atoms. The maximum absolute atomic E-state index is 4.57. The third-order valence-corrected chi connectivity index (χ3v) is 3.53. The Balaban J connectivity index is 2.18. The van der Waals surface area contributed by atoms with E-state index < -0.39 is 0 Å². The summed E-state index contributed by atoms with van der Waals surface area (Å²) in [5.74, 6) is 2.80. The Labute approximate surface area is 103 Å². The van der Waals surface area contributed by atoms with Gasteiger partial charge in [-0.3, -0.25) is 0 Å². The first-order chi connectivity index (χ1) is 8.08. The van der Waals surface area contributed by atoms with Crippen molar-refractivity contribution in [2.75, 3.05) is 24.2 Å². The summed E-state index contributed by atoms with van der Waals surface area (Å²) in [6, 6.07) is 0. The second-order valence-electron chi connectivity index (χ2n) is 5.23. The highest BCUT2D eigenvalue weighted by Gasteiger charge is 2.37. The molecule has 2 N–H and O–H groups in total. The second-order valence-corrected chi connectivity index (χ2v) is 5.23. The van der Waals surface area contributed by atoms with Crippen molar-refractivity contribution in [1.82, 2.24) is 9.97 Å². The van der Waals surface area contributed by atoms with Gasteiger partial charge in [0.2, 0.25) is 0 Å². The molecule has 0 aromatic carbocycles. The van der Waals surface area contributed by atoms with E-state index in [1.54, 1.807) is 0 Å². The van der Waals surface area contributed by atoms with Crippen molar-refractivity contribution in [1.29, 1.82) is 0 Å². The first-order valence-electron chi connectivity index (χ1n) is 6.37. The van der Waals surface area contributed by atoms with Gasteiger partial charge in [0.05, 0.1) is 0 Å². The van der Waals surface area contributed by atoms with Gasteiger partial charge in [-0.05, 0) is 25.2 Å². The Bertz CT molecular complexity index is 410. The van der Waals surface area contributed by atoms with Crippen LogP contribution in [0, 0.1) is 12.3 Å². The van der Waals surface area contributed by atoms with Crippen molar-refractivity contribution in [2.24, 2.45) is 5.41 Å². The molecule has 4 heteroatoms. The monoisotopic (exact) mass is 234 g/mol. The molecule has 1 fully saturated rings. The van der Waals surface area contributed by atoms with E-state index >= 15 is 0 Å². The average Bonchev–Trinajstić information content (AvgIpc) is 3.06. The van der Waals surface area contributed by atoms with Crippen LogP contribution in [0.4, 0.5) is 11.6 Å². The predicted octanol–water partition coefficient (Wildman–Crippen LogP) is 2.60. The van der Waals surface area contributed by atoms with E-state index in [-0.39, 0.29) is 0 Å². The van der Waals surface area contributed by atoms with Crippen LogP contribution in [0.1, 0.15) is 38.1 Å². The van der Waals surface area contributed by atoms with Crippen molar-refractivity contribution in [3.05, 3.63) is 11.4 Å². The zero-order valence-electron chi connectivity index (χ0n) is 11.2. The lowest BCUT2D eigenvalue weighted by Gasteiger charge is -2.15. The second kappa shape index (κ2) is 4.51. The number of rotatable bonds is 5. The molecule has 1 aliphatic rings. The van der Waals surface area contributed by atoms with Crippen molar-refractivity contribution in [3.8, 4) is 0 Å². The van der Waals surface area contributed by atoms with Gasteiger partial charge in [-0.2, -0.15) is 0 Å². The molecule has 0 atom stereocenters. The standard InChI is InChI=1S/C13H22N4/c1-5-10-16-11(14-4)9(2)12(17-10)15-8-13(3)6-7-13/h5-8H2,1-4H3,(H2,14,15,16,17). The molecule has 1 aromatic rings. The molecule has 4 nitrogen and oxygen atoms in total. The quantitative estimate of drug-likeness (QED) is 0.822. The topological polar surface area (TPSA) is 49.8 Å². The summed E-state index contributed by atoms with van der Waals surface area (Å²) in [7, 11) is 1.90. The van der Waals surface area contributed by atoms with E-state index in [9.17, 15) is 0 Å². The van der Waals surface area contributed by atoms with Crippen LogP contribution in [0.2, 0.25) is 0 Å². The summed E-state index contributed by atoms with van der Waals surface area (Å²) < 4.78 is 0. The Morgan fingerprint density at radius 3 is 2.41 bits per heavy atom. The van der Waals surface area contributed by atoms with Crippen LogP contribution in [0.15, 0.2) is 0 Å². The van der Waals surface area contributed by atoms with Crippen LogP contribution in [-0.4, -0.2) is 23.6 Å². The minimum Gasteiger partial charge on any atom is -0.373 e. The van der Waals surface area contributed by atoms with E-state index in [1.165, 1.54) is 12.8 Å². The van der Waals surface area contributed by atoms with Crippen LogP contribution in [-0.2, 0) is 6.42 Å². The highest BCUT2D eigenvalue weighted by molar-refractivity contribution is 5.57. The number of nitrogens with zero attached hydrogens (tertiary/aromatic N) is 2.